The van der Waals surface area contributed by atoms with E-state index in [1.165, 1.54) is 13.8 Å². The molecule has 3 rings (SSSR count). The molecule has 2 unspecified atom stereocenters. The van der Waals surface area contributed by atoms with Crippen LogP contribution in [0.5, 0.6) is 0 Å². The third-order valence-corrected chi connectivity index (χ3v) is 16.1. The fourth-order valence-corrected chi connectivity index (χ4v) is 9.49. The van der Waals surface area contributed by atoms with Crippen molar-refractivity contribution in [3.05, 3.63) is 35.9 Å². The summed E-state index contributed by atoms with van der Waals surface area (Å²) in [7, 11) is 1.60. The highest BCUT2D eigenvalue weighted by molar-refractivity contribution is 5.99. The number of ether oxygens (including phenoxy) is 1. The minimum absolute atomic E-state index is 0.0104. The number of nitrogens with two attached hydrogens (primary N) is 2. The van der Waals surface area contributed by atoms with Gasteiger partial charge in [-0.15, -0.1) is 0 Å². The van der Waals surface area contributed by atoms with E-state index >= 15 is 0 Å². The molecule has 17 atom stereocenters. The first-order valence-corrected chi connectivity index (χ1v) is 30.1. The van der Waals surface area contributed by atoms with Gasteiger partial charge in [0.1, 0.15) is 66.5 Å². The lowest BCUT2D eigenvalue weighted by atomic mass is 9.94. The smallest absolute Gasteiger partial charge is 0.329 e. The first-order chi connectivity index (χ1) is 41.6. The Morgan fingerprint density at radius 3 is 1.59 bits per heavy atom. The maximum Gasteiger partial charge on any atom is 0.329 e. The van der Waals surface area contributed by atoms with Crippen LogP contribution in [-0.4, -0.2) is 193 Å². The molecule has 11 amide bonds. The average Bonchev–Trinajstić information content (AvgIpc) is 3.57. The van der Waals surface area contributed by atoms with Crippen molar-refractivity contribution in [2.24, 2.45) is 40.1 Å². The third kappa shape index (κ3) is 22.3. The molecular weight excluding hydrogens is 1150 g/mol. The topological polar surface area (TPSA) is 463 Å². The Labute approximate surface area is 513 Å². The molecule has 0 radical (unpaired) electrons. The summed E-state index contributed by atoms with van der Waals surface area (Å²) < 4.78 is 5.73. The highest BCUT2D eigenvalue weighted by atomic mass is 16.5. The number of carbonyl (C=O) groups is 12. The number of rotatable bonds is 32. The van der Waals surface area contributed by atoms with E-state index in [1.54, 1.807) is 62.4 Å². The second kappa shape index (κ2) is 36.4. The number of nitrogens with one attached hydrogen (secondary N) is 12. The van der Waals surface area contributed by atoms with Crippen LogP contribution < -0.4 is 75.3 Å². The predicted octanol–water partition coefficient (Wildman–Crippen LogP) is -4.26. The minimum Gasteiger partial charge on any atom is -0.458 e. The summed E-state index contributed by atoms with van der Waals surface area (Å²) in [4.78, 5) is 170. The van der Waals surface area contributed by atoms with Gasteiger partial charge in [-0.1, -0.05) is 111 Å². The van der Waals surface area contributed by atoms with Crippen molar-refractivity contribution < 1.29 is 72.5 Å². The number of nitrogens with zero attached hydrogens (tertiary/aromatic N) is 1. The molecule has 2 heterocycles. The fourth-order valence-electron chi connectivity index (χ4n) is 9.49. The van der Waals surface area contributed by atoms with Crippen molar-refractivity contribution in [2.75, 3.05) is 26.8 Å². The lowest BCUT2D eigenvalue weighted by Gasteiger charge is -2.31. The molecular formula is C58H95N15O15. The molecule has 0 spiro atoms. The summed E-state index contributed by atoms with van der Waals surface area (Å²) in [6.45, 7) is 14.3. The Balaban J connectivity index is 1.85. The largest absolute Gasteiger partial charge is 0.458 e. The highest BCUT2D eigenvalue weighted by Gasteiger charge is 2.41. The van der Waals surface area contributed by atoms with Crippen LogP contribution in [0.3, 0.4) is 0 Å². The summed E-state index contributed by atoms with van der Waals surface area (Å²) in [5.41, 5.74) is 12.1. The molecule has 18 N–H and O–H groups in total. The van der Waals surface area contributed by atoms with Crippen molar-refractivity contribution in [3.8, 4) is 0 Å². The number of aliphatic hydroxyl groups is 2. The molecule has 0 aromatic heterocycles. The van der Waals surface area contributed by atoms with Gasteiger partial charge in [-0.2, -0.15) is 0 Å². The van der Waals surface area contributed by atoms with Crippen molar-refractivity contribution >= 4 is 76.9 Å². The number of primary amides is 1. The fraction of sp³-hybridized carbons (Fsp3) is 0.672. The van der Waals surface area contributed by atoms with Gasteiger partial charge in [0.05, 0.1) is 31.8 Å². The molecule has 2 aliphatic heterocycles. The van der Waals surface area contributed by atoms with Gasteiger partial charge in [0.15, 0.2) is 5.96 Å². The lowest BCUT2D eigenvalue weighted by molar-refractivity contribution is -0.157. The van der Waals surface area contributed by atoms with Crippen LogP contribution in [0.15, 0.2) is 35.3 Å². The van der Waals surface area contributed by atoms with Crippen LogP contribution in [0.4, 0.5) is 0 Å². The molecule has 88 heavy (non-hydrogen) atoms. The van der Waals surface area contributed by atoms with Crippen molar-refractivity contribution in [1.29, 1.82) is 0 Å². The van der Waals surface area contributed by atoms with Gasteiger partial charge in [-0.25, -0.2) is 4.79 Å². The number of hydrogen-bond acceptors (Lipinski definition) is 19. The van der Waals surface area contributed by atoms with E-state index in [0.717, 1.165) is 5.56 Å². The standard InChI is InChI=1S/C58H95N15O15/c1-12-28(5)42(70-49(79)37(61-11)23-34-19-17-16-18-20-34)53(83)67-39(26-74)51(81)65-36(21-22-41(59)76)48(78)69-44(30(7)14-3)55(85)71-43(29(6)13-2)54(84)68-40(27-75)52(82)73-46-33(10)88-57(87)45(31(8)15-4)72-50(80)38(24-35-25-62-58(60)64-35)66-47(77)32(9)63-56(46)86/h16-20,28-33,35-40,42-46,61,74-75H,12-15,21-27H2,1-11H3,(H2,59,76)(H,63,86)(H,65,81)(H,66,77)(H,67,83)(H,68,84)(H,69,78)(H,70,79)(H,71,85)(H,72,80)(H,73,82)(H3,60,62,64)/t28-,29-,30+,31-,32-,33?,35+,36+,37+,38-,39-,40-,42-,43-,44+,45-,46?/m0/s1. The number of carbonyl (C=O) groups excluding carboxylic acids is 12. The number of likely N-dealkylation sites (N-methyl/N-ethyl adjacent to an activating group) is 1. The summed E-state index contributed by atoms with van der Waals surface area (Å²) in [5.74, 6) is -13.1. The van der Waals surface area contributed by atoms with Crippen molar-refractivity contribution in [3.63, 3.8) is 0 Å². The van der Waals surface area contributed by atoms with Gasteiger partial charge in [0, 0.05) is 6.42 Å². The van der Waals surface area contributed by atoms with Gasteiger partial charge in [-0.3, -0.25) is 57.7 Å². The number of esters is 1. The van der Waals surface area contributed by atoms with E-state index in [4.69, 9.17) is 16.2 Å². The number of cyclic esters (lactones) is 1. The van der Waals surface area contributed by atoms with Crippen molar-refractivity contribution in [2.45, 2.75) is 199 Å². The molecule has 492 valence electrons. The van der Waals surface area contributed by atoms with Gasteiger partial charge < -0.3 is 90.2 Å². The van der Waals surface area contributed by atoms with Crippen molar-refractivity contribution in [1.82, 2.24) is 63.8 Å². The van der Waals surface area contributed by atoms with Gasteiger partial charge in [0.2, 0.25) is 65.0 Å². The molecule has 1 aromatic rings. The lowest BCUT2D eigenvalue weighted by Crippen LogP contribution is -2.63. The van der Waals surface area contributed by atoms with E-state index in [-0.39, 0.29) is 31.8 Å². The minimum atomic E-state index is -1.82. The van der Waals surface area contributed by atoms with E-state index in [1.807, 2.05) is 30.3 Å². The highest BCUT2D eigenvalue weighted by Crippen LogP contribution is 2.18. The summed E-state index contributed by atoms with van der Waals surface area (Å²) in [5, 5.41) is 52.3. The quantitative estimate of drug-likeness (QED) is 0.0304. The molecule has 0 aliphatic carbocycles. The van der Waals surface area contributed by atoms with E-state index < -0.39 is 199 Å². The number of hydrogen-bond donors (Lipinski definition) is 16. The van der Waals surface area contributed by atoms with Crippen LogP contribution >= 0.6 is 0 Å². The zero-order valence-corrected chi connectivity index (χ0v) is 52.3. The Bertz CT molecular complexity index is 2610. The van der Waals surface area contributed by atoms with Crippen LogP contribution in [0.2, 0.25) is 0 Å². The van der Waals surface area contributed by atoms with Crippen LogP contribution in [0.1, 0.15) is 120 Å². The maximum atomic E-state index is 14.4. The van der Waals surface area contributed by atoms with Crippen LogP contribution in [0, 0.1) is 23.7 Å². The predicted molar refractivity (Wildman–Crippen MR) is 322 cm³/mol. The van der Waals surface area contributed by atoms with Crippen LogP contribution in [-0.2, 0) is 68.7 Å². The Hall–Kier alpha value is -7.99. The Morgan fingerprint density at radius 2 is 1.11 bits per heavy atom. The first-order valence-electron chi connectivity index (χ1n) is 30.1. The average molecular weight is 1240 g/mol. The summed E-state index contributed by atoms with van der Waals surface area (Å²) in [6.07, 6.45) is -0.755. The molecule has 30 nitrogen and oxygen atoms in total. The van der Waals surface area contributed by atoms with Crippen LogP contribution in [0.25, 0.3) is 0 Å². The van der Waals surface area contributed by atoms with Gasteiger partial charge in [-0.05, 0) is 69.4 Å². The summed E-state index contributed by atoms with van der Waals surface area (Å²) in [6, 6.07) is -6.85. The second-order valence-corrected chi connectivity index (χ2v) is 22.8. The zero-order chi connectivity index (χ0) is 66.1. The number of aliphatic hydroxyl groups excluding tert-OH is 2. The number of guanidine groups is 1. The normalized spacial score (nSPS) is 22.7. The Morgan fingerprint density at radius 1 is 0.625 bits per heavy atom. The molecule has 1 saturated heterocycles. The van der Waals surface area contributed by atoms with E-state index in [0.29, 0.717) is 19.3 Å². The number of benzene rings is 1. The van der Waals surface area contributed by atoms with Gasteiger partial charge in [0.25, 0.3) is 0 Å². The van der Waals surface area contributed by atoms with Gasteiger partial charge >= 0.3 is 5.97 Å². The third-order valence-electron chi connectivity index (χ3n) is 16.1. The first kappa shape index (κ1) is 74.3. The van der Waals surface area contributed by atoms with E-state index in [2.05, 4.69) is 68.8 Å². The Kier molecular flexibility index (Phi) is 30.7. The molecule has 1 aromatic carbocycles. The monoisotopic (exact) mass is 1240 g/mol. The van der Waals surface area contributed by atoms with E-state index in [9.17, 15) is 67.7 Å². The molecule has 0 saturated carbocycles. The number of aliphatic imine (C=N–C) groups is 1. The molecule has 2 aliphatic rings. The molecule has 1 fully saturated rings. The second-order valence-electron chi connectivity index (χ2n) is 22.8. The zero-order valence-electron chi connectivity index (χ0n) is 52.3. The molecule has 0 bridgehead atoms. The SMILES string of the molecule is CC[C@@H](C)[C@@H](NC(=O)[C@@H](CCC(N)=O)NC(=O)[C@H](CO)NC(=O)[C@@H](NC(=O)[C@@H](Cc1ccccc1)NC)[C@@H](C)CC)C(=O)N[C@H](C(=O)N[C@@H](CO)C(=O)NC1C(=O)N[C@@H](C)C(=O)N[C@@H](C[C@@H]2CN=C(N)N2)C(=O)N[C@@H]([C@@H](C)CC)C(=O)OC1C)[C@@H](C)CC. The summed E-state index contributed by atoms with van der Waals surface area (Å²) >= 11 is 0. The molecule has 30 heteroatoms. The maximum absolute atomic E-state index is 14.4. The number of amides is 11.